The minimum absolute atomic E-state index is 0.0158. The average molecular weight is 524 g/mol. The molecule has 0 radical (unpaired) electrons. The minimum Gasteiger partial charge on any atom is -0.483 e. The summed E-state index contributed by atoms with van der Waals surface area (Å²) in [7, 11) is 0. The van der Waals surface area contributed by atoms with Gasteiger partial charge in [0.15, 0.2) is 17.1 Å². The van der Waals surface area contributed by atoms with Crippen LogP contribution in [0.15, 0.2) is 35.5 Å². The van der Waals surface area contributed by atoms with E-state index in [2.05, 4.69) is 15.5 Å². The number of carbonyl (C=O) groups excluding carboxylic acids is 1. The van der Waals surface area contributed by atoms with Crippen molar-refractivity contribution in [1.82, 2.24) is 14.8 Å². The third-order valence-electron chi connectivity index (χ3n) is 4.92. The van der Waals surface area contributed by atoms with Gasteiger partial charge in [-0.1, -0.05) is 35.0 Å². The average Bonchev–Trinajstić information content (AvgIpc) is 3.20. The van der Waals surface area contributed by atoms with E-state index in [1.165, 1.54) is 30.0 Å². The van der Waals surface area contributed by atoms with Gasteiger partial charge in [-0.05, 0) is 57.0 Å². The minimum atomic E-state index is -0.554. The van der Waals surface area contributed by atoms with Crippen LogP contribution < -0.4 is 10.1 Å². The molecule has 1 unspecified atom stereocenters. The van der Waals surface area contributed by atoms with Crippen LogP contribution in [-0.4, -0.2) is 31.3 Å². The number of aryl methyl sites for hydroxylation is 2. The molecular weight excluding hydrogens is 501 g/mol. The summed E-state index contributed by atoms with van der Waals surface area (Å²) in [6.07, 6.45) is -0.390. The highest BCUT2D eigenvalue weighted by Gasteiger charge is 2.20. The van der Waals surface area contributed by atoms with Crippen LogP contribution >= 0.6 is 35.0 Å². The lowest BCUT2D eigenvalue weighted by Crippen LogP contribution is -2.16. The highest BCUT2D eigenvalue weighted by atomic mass is 35.5. The van der Waals surface area contributed by atoms with E-state index in [0.717, 1.165) is 11.1 Å². The van der Waals surface area contributed by atoms with Gasteiger partial charge >= 0.3 is 0 Å². The first-order valence-corrected chi connectivity index (χ1v) is 12.1. The molecule has 34 heavy (non-hydrogen) atoms. The monoisotopic (exact) mass is 523 g/mol. The highest BCUT2D eigenvalue weighted by molar-refractivity contribution is 7.99. The molecule has 0 fully saturated rings. The molecule has 12 heteroatoms. The summed E-state index contributed by atoms with van der Waals surface area (Å²) in [5.74, 6) is 0.940. The van der Waals surface area contributed by atoms with Crippen molar-refractivity contribution in [2.75, 3.05) is 11.1 Å². The van der Waals surface area contributed by atoms with Gasteiger partial charge < -0.3 is 14.6 Å². The second-order valence-electron chi connectivity index (χ2n) is 7.47. The first-order valence-electron chi connectivity index (χ1n) is 10.3. The summed E-state index contributed by atoms with van der Waals surface area (Å²) >= 11 is 13.5. The number of halogens is 2. The van der Waals surface area contributed by atoms with Crippen molar-refractivity contribution in [2.45, 2.75) is 45.5 Å². The molecule has 1 heterocycles. The lowest BCUT2D eigenvalue weighted by molar-refractivity contribution is -0.384. The Balaban J connectivity index is 1.68. The van der Waals surface area contributed by atoms with Crippen molar-refractivity contribution in [3.8, 4) is 5.75 Å². The SMILES string of the molecule is CCn1c(SCC(=O)Nc2cc([N+](=O)[O-])ccc2Cl)nnc1C(C)Oc1cc(C)c(Cl)c(C)c1. The maximum absolute atomic E-state index is 12.4. The van der Waals surface area contributed by atoms with Crippen LogP contribution in [0.1, 0.15) is 36.9 Å². The van der Waals surface area contributed by atoms with Gasteiger partial charge in [-0.15, -0.1) is 10.2 Å². The van der Waals surface area contributed by atoms with Gasteiger partial charge in [0.25, 0.3) is 5.69 Å². The van der Waals surface area contributed by atoms with Crippen LogP contribution in [0, 0.1) is 24.0 Å². The summed E-state index contributed by atoms with van der Waals surface area (Å²) in [5.41, 5.74) is 1.86. The molecule has 0 saturated carbocycles. The summed E-state index contributed by atoms with van der Waals surface area (Å²) in [6.45, 7) is 8.24. The topological polar surface area (TPSA) is 112 Å². The number of rotatable bonds is 9. The summed E-state index contributed by atoms with van der Waals surface area (Å²) in [4.78, 5) is 22.8. The van der Waals surface area contributed by atoms with E-state index < -0.39 is 4.92 Å². The van der Waals surface area contributed by atoms with Crippen molar-refractivity contribution in [1.29, 1.82) is 0 Å². The number of nitro groups is 1. The largest absolute Gasteiger partial charge is 0.483 e. The molecule has 1 aromatic heterocycles. The molecule has 180 valence electrons. The van der Waals surface area contributed by atoms with Gasteiger partial charge in [0, 0.05) is 23.7 Å². The fraction of sp³-hybridized carbons (Fsp3) is 0.318. The molecular formula is C22H23Cl2N5O4S. The maximum Gasteiger partial charge on any atom is 0.271 e. The molecule has 1 amide bonds. The number of nitrogens with zero attached hydrogens (tertiary/aromatic N) is 4. The molecule has 1 N–H and O–H groups in total. The highest BCUT2D eigenvalue weighted by Crippen LogP contribution is 2.30. The molecule has 0 aliphatic heterocycles. The molecule has 1 atom stereocenters. The Kier molecular flexibility index (Phi) is 8.40. The number of aromatic nitrogens is 3. The third-order valence-corrected chi connectivity index (χ3v) is 6.81. The predicted molar refractivity (Wildman–Crippen MR) is 133 cm³/mol. The van der Waals surface area contributed by atoms with Crippen LogP contribution in [0.25, 0.3) is 0 Å². The number of carbonyl (C=O) groups is 1. The number of thioether (sulfide) groups is 1. The Morgan fingerprint density at radius 3 is 2.53 bits per heavy atom. The zero-order valence-corrected chi connectivity index (χ0v) is 21.3. The zero-order chi connectivity index (χ0) is 25.0. The van der Waals surface area contributed by atoms with Crippen molar-refractivity contribution in [2.24, 2.45) is 0 Å². The van der Waals surface area contributed by atoms with Gasteiger partial charge in [-0.25, -0.2) is 0 Å². The van der Waals surface area contributed by atoms with E-state index in [0.29, 0.717) is 28.3 Å². The standard InChI is InChI=1S/C22H23Cl2N5O4S/c1-5-28-21(14(4)33-16-8-12(2)20(24)13(3)9-16)26-27-22(28)34-11-19(30)25-18-10-15(29(31)32)6-7-17(18)23/h6-10,14H,5,11H2,1-4H3,(H,25,30). The quantitative estimate of drug-likeness (QED) is 0.208. The number of hydrogen-bond donors (Lipinski definition) is 1. The summed E-state index contributed by atoms with van der Waals surface area (Å²) in [5, 5.41) is 23.5. The molecule has 0 bridgehead atoms. The van der Waals surface area contributed by atoms with Crippen LogP contribution in [0.3, 0.4) is 0 Å². The van der Waals surface area contributed by atoms with E-state index in [1.807, 2.05) is 44.4 Å². The molecule has 0 aliphatic carbocycles. The third kappa shape index (κ3) is 5.99. The predicted octanol–water partition coefficient (Wildman–Crippen LogP) is 6.00. The van der Waals surface area contributed by atoms with Crippen molar-refractivity contribution in [3.63, 3.8) is 0 Å². The van der Waals surface area contributed by atoms with E-state index in [9.17, 15) is 14.9 Å². The molecule has 3 rings (SSSR count). The van der Waals surface area contributed by atoms with Crippen LogP contribution in [0.2, 0.25) is 10.0 Å². The van der Waals surface area contributed by atoms with Gasteiger partial charge in [0.1, 0.15) is 5.75 Å². The van der Waals surface area contributed by atoms with Gasteiger partial charge in [-0.3, -0.25) is 14.9 Å². The first kappa shape index (κ1) is 25.8. The van der Waals surface area contributed by atoms with Crippen LogP contribution in [0.5, 0.6) is 5.75 Å². The Morgan fingerprint density at radius 1 is 1.24 bits per heavy atom. The first-order chi connectivity index (χ1) is 16.1. The van der Waals surface area contributed by atoms with E-state index >= 15 is 0 Å². The molecule has 2 aromatic carbocycles. The second-order valence-corrected chi connectivity index (χ2v) is 9.20. The Bertz CT molecular complexity index is 1210. The number of anilines is 1. The number of amides is 1. The Labute approximate surface area is 210 Å². The maximum atomic E-state index is 12.4. The van der Waals surface area contributed by atoms with Crippen molar-refractivity contribution < 1.29 is 14.5 Å². The van der Waals surface area contributed by atoms with Crippen molar-refractivity contribution >= 4 is 52.2 Å². The van der Waals surface area contributed by atoms with E-state index in [-0.39, 0.29) is 34.2 Å². The molecule has 0 saturated heterocycles. The fourth-order valence-corrected chi connectivity index (χ4v) is 4.36. The molecule has 0 aliphatic rings. The lowest BCUT2D eigenvalue weighted by Gasteiger charge is -2.17. The van der Waals surface area contributed by atoms with Crippen LogP contribution in [-0.2, 0) is 11.3 Å². The van der Waals surface area contributed by atoms with Gasteiger partial charge in [0.05, 0.1) is 21.4 Å². The molecule has 0 spiro atoms. The van der Waals surface area contributed by atoms with E-state index in [4.69, 9.17) is 27.9 Å². The number of nitro benzene ring substituents is 1. The number of nitrogens with one attached hydrogen (secondary N) is 1. The normalized spacial score (nSPS) is 11.8. The molecule has 9 nitrogen and oxygen atoms in total. The van der Waals surface area contributed by atoms with Gasteiger partial charge in [0.2, 0.25) is 5.91 Å². The number of benzene rings is 2. The Morgan fingerprint density at radius 2 is 1.91 bits per heavy atom. The van der Waals surface area contributed by atoms with Crippen molar-refractivity contribution in [3.05, 3.63) is 67.4 Å². The fourth-order valence-electron chi connectivity index (χ4n) is 3.27. The second kappa shape index (κ2) is 11.1. The van der Waals surface area contributed by atoms with Gasteiger partial charge in [-0.2, -0.15) is 0 Å². The number of hydrogen-bond acceptors (Lipinski definition) is 7. The summed E-state index contributed by atoms with van der Waals surface area (Å²) < 4.78 is 7.95. The smallest absolute Gasteiger partial charge is 0.271 e. The Hall–Kier alpha value is -2.82. The van der Waals surface area contributed by atoms with E-state index in [1.54, 1.807) is 0 Å². The van der Waals surface area contributed by atoms with Crippen LogP contribution in [0.4, 0.5) is 11.4 Å². The lowest BCUT2D eigenvalue weighted by atomic mass is 10.1. The molecule has 3 aromatic rings. The number of ether oxygens (including phenoxy) is 1. The zero-order valence-electron chi connectivity index (χ0n) is 19.0. The summed E-state index contributed by atoms with van der Waals surface area (Å²) in [6, 6.07) is 7.60. The number of non-ortho nitro benzene ring substituents is 1.